The Kier molecular flexibility index (Phi) is 3.01. The van der Waals surface area contributed by atoms with Crippen LogP contribution in [-0.2, 0) is 10.0 Å². The van der Waals surface area contributed by atoms with Crippen molar-refractivity contribution in [3.63, 3.8) is 0 Å². The van der Waals surface area contributed by atoms with Gasteiger partial charge < -0.3 is 0 Å². The largest absolute Gasteiger partial charge is 0.257 e. The maximum absolute atomic E-state index is 10.6. The van der Waals surface area contributed by atoms with E-state index in [0.717, 1.165) is 11.8 Å². The summed E-state index contributed by atoms with van der Waals surface area (Å²) in [5, 5.41) is 0. The van der Waals surface area contributed by atoms with Crippen LogP contribution in [-0.4, -0.2) is 20.5 Å². The lowest BCUT2D eigenvalue weighted by atomic mass is 10.2. The molecule has 13 heavy (non-hydrogen) atoms. The zero-order chi connectivity index (χ0) is 9.73. The second-order valence-electron chi connectivity index (χ2n) is 2.51. The molecule has 0 saturated carbocycles. The molecule has 1 aromatic rings. The molecule has 4 heteroatoms. The van der Waals surface area contributed by atoms with E-state index in [1.807, 2.05) is 30.3 Å². The van der Waals surface area contributed by atoms with Gasteiger partial charge in [0.05, 0.1) is 6.26 Å². The van der Waals surface area contributed by atoms with Gasteiger partial charge in [-0.3, -0.25) is 0 Å². The molecule has 68 valence electrons. The molecule has 3 nitrogen and oxygen atoms in total. The van der Waals surface area contributed by atoms with E-state index in [9.17, 15) is 8.42 Å². The van der Waals surface area contributed by atoms with E-state index in [1.165, 1.54) is 6.08 Å². The predicted molar refractivity (Wildman–Crippen MR) is 53.2 cm³/mol. The number of hydrogen-bond donors (Lipinski definition) is 0. The molecule has 0 aliphatic heterocycles. The highest BCUT2D eigenvalue weighted by Gasteiger charge is 1.90. The SMILES string of the molecule is CS(=O)(=O)N=C=Cc1ccccc1. The van der Waals surface area contributed by atoms with Crippen LogP contribution < -0.4 is 0 Å². The van der Waals surface area contributed by atoms with Gasteiger partial charge in [0.2, 0.25) is 0 Å². The van der Waals surface area contributed by atoms with Crippen molar-refractivity contribution in [1.29, 1.82) is 0 Å². The Hall–Kier alpha value is -1.38. The van der Waals surface area contributed by atoms with Gasteiger partial charge in [-0.2, -0.15) is 0 Å². The summed E-state index contributed by atoms with van der Waals surface area (Å²) < 4.78 is 24.4. The van der Waals surface area contributed by atoms with E-state index >= 15 is 0 Å². The third kappa shape index (κ3) is 4.25. The van der Waals surface area contributed by atoms with Crippen LogP contribution in [0.4, 0.5) is 0 Å². The average molecular weight is 195 g/mol. The molecule has 0 N–H and O–H groups in total. The Bertz CT molecular complexity index is 428. The minimum Gasteiger partial charge on any atom is -0.204 e. The summed E-state index contributed by atoms with van der Waals surface area (Å²) in [5.41, 5.74) is 0.870. The van der Waals surface area contributed by atoms with Crippen molar-refractivity contribution in [3.8, 4) is 0 Å². The molecule has 0 aliphatic rings. The van der Waals surface area contributed by atoms with Gasteiger partial charge in [-0.15, -0.1) is 4.40 Å². The number of nitrogens with zero attached hydrogens (tertiary/aromatic N) is 1. The first-order valence-electron chi connectivity index (χ1n) is 3.64. The van der Waals surface area contributed by atoms with Crippen LogP contribution in [0, 0.1) is 0 Å². The molecule has 1 aromatic carbocycles. The van der Waals surface area contributed by atoms with Crippen molar-refractivity contribution < 1.29 is 8.42 Å². The third-order valence-corrected chi connectivity index (χ3v) is 1.69. The van der Waals surface area contributed by atoms with E-state index < -0.39 is 10.0 Å². The van der Waals surface area contributed by atoms with Gasteiger partial charge in [0, 0.05) is 11.9 Å². The molecule has 0 unspecified atom stereocenters. The van der Waals surface area contributed by atoms with Crippen LogP contribution in [0.25, 0.3) is 6.08 Å². The van der Waals surface area contributed by atoms with Crippen LogP contribution in [0.5, 0.6) is 0 Å². The second kappa shape index (κ2) is 4.03. The molecule has 0 aromatic heterocycles. The van der Waals surface area contributed by atoms with E-state index in [4.69, 9.17) is 0 Å². The molecule has 0 fully saturated rings. The summed E-state index contributed by atoms with van der Waals surface area (Å²) in [4.78, 5) is 0. The first-order valence-corrected chi connectivity index (χ1v) is 5.48. The Balaban J connectivity index is 2.88. The van der Waals surface area contributed by atoms with Crippen molar-refractivity contribution in [1.82, 2.24) is 0 Å². The van der Waals surface area contributed by atoms with Crippen molar-refractivity contribution >= 4 is 22.0 Å². The Morgan fingerprint density at radius 3 is 2.46 bits per heavy atom. The van der Waals surface area contributed by atoms with E-state index in [1.54, 1.807) is 0 Å². The standard InChI is InChI=1S/C9H9NO2S/c1-13(11,12)10-8-7-9-5-3-2-4-6-9/h2-7H,1H3. The van der Waals surface area contributed by atoms with Crippen molar-refractivity contribution in [2.75, 3.05) is 6.26 Å². The molecule has 1 rings (SSSR count). The fourth-order valence-corrected chi connectivity index (χ4v) is 0.990. The van der Waals surface area contributed by atoms with Crippen LogP contribution in [0.15, 0.2) is 34.7 Å². The van der Waals surface area contributed by atoms with Crippen LogP contribution in [0.3, 0.4) is 0 Å². The lowest BCUT2D eigenvalue weighted by Crippen LogP contribution is -1.87. The monoisotopic (exact) mass is 195 g/mol. The van der Waals surface area contributed by atoms with Gasteiger partial charge in [-0.05, 0) is 5.56 Å². The number of sulfonamides is 1. The maximum atomic E-state index is 10.6. The van der Waals surface area contributed by atoms with E-state index in [0.29, 0.717) is 0 Å². The lowest BCUT2D eigenvalue weighted by molar-refractivity contribution is 0.604. The van der Waals surface area contributed by atoms with Gasteiger partial charge in [0.1, 0.15) is 0 Å². The Morgan fingerprint density at radius 2 is 1.92 bits per heavy atom. The smallest absolute Gasteiger partial charge is 0.204 e. The molecule has 0 heterocycles. The molecule has 0 bridgehead atoms. The topological polar surface area (TPSA) is 46.5 Å². The van der Waals surface area contributed by atoms with Gasteiger partial charge in [-0.25, -0.2) is 8.42 Å². The summed E-state index contributed by atoms with van der Waals surface area (Å²) in [7, 11) is -3.31. The Morgan fingerprint density at radius 1 is 1.31 bits per heavy atom. The van der Waals surface area contributed by atoms with Crippen LogP contribution >= 0.6 is 0 Å². The molecular weight excluding hydrogens is 186 g/mol. The van der Waals surface area contributed by atoms with Gasteiger partial charge >= 0.3 is 0 Å². The van der Waals surface area contributed by atoms with E-state index in [-0.39, 0.29) is 0 Å². The molecule has 0 saturated heterocycles. The van der Waals surface area contributed by atoms with Crippen LogP contribution in [0.1, 0.15) is 5.56 Å². The molecule has 0 spiro atoms. The third-order valence-electron chi connectivity index (χ3n) is 1.25. The highest BCUT2D eigenvalue weighted by atomic mass is 32.2. The zero-order valence-electron chi connectivity index (χ0n) is 7.14. The van der Waals surface area contributed by atoms with Gasteiger partial charge in [-0.1, -0.05) is 30.3 Å². The molecule has 0 aliphatic carbocycles. The summed E-state index contributed by atoms with van der Waals surface area (Å²) in [6, 6.07) is 9.27. The number of hydrogen-bond acceptors (Lipinski definition) is 2. The van der Waals surface area contributed by atoms with Crippen molar-refractivity contribution in [2.45, 2.75) is 0 Å². The van der Waals surface area contributed by atoms with Crippen LogP contribution in [0.2, 0.25) is 0 Å². The average Bonchev–Trinajstić information content (AvgIpc) is 2.04. The molecule has 0 radical (unpaired) electrons. The normalized spacial score (nSPS) is 10.2. The number of rotatable bonds is 2. The highest BCUT2D eigenvalue weighted by molar-refractivity contribution is 7.89. The van der Waals surface area contributed by atoms with Gasteiger partial charge in [0.15, 0.2) is 0 Å². The zero-order valence-corrected chi connectivity index (χ0v) is 7.95. The predicted octanol–water partition coefficient (Wildman–Crippen LogP) is 1.33. The highest BCUT2D eigenvalue weighted by Crippen LogP contribution is 1.97. The first kappa shape index (κ1) is 9.71. The van der Waals surface area contributed by atoms with Crippen molar-refractivity contribution in [3.05, 3.63) is 35.9 Å². The fourth-order valence-electron chi connectivity index (χ4n) is 0.746. The number of benzene rings is 1. The summed E-state index contributed by atoms with van der Waals surface area (Å²) in [6.45, 7) is 0. The summed E-state index contributed by atoms with van der Waals surface area (Å²) in [5.74, 6) is 2.35. The molecule has 0 atom stereocenters. The molecule has 0 amide bonds. The molecular formula is C9H9NO2S. The van der Waals surface area contributed by atoms with Gasteiger partial charge in [0.25, 0.3) is 10.0 Å². The fraction of sp³-hybridized carbons (Fsp3) is 0.111. The van der Waals surface area contributed by atoms with Crippen molar-refractivity contribution in [2.24, 2.45) is 4.40 Å². The summed E-state index contributed by atoms with van der Waals surface area (Å²) in [6.07, 6.45) is 2.54. The second-order valence-corrected chi connectivity index (χ2v) is 4.16. The Labute approximate surface area is 77.5 Å². The minimum atomic E-state index is -3.31. The van der Waals surface area contributed by atoms with E-state index in [2.05, 4.69) is 10.3 Å². The quantitative estimate of drug-likeness (QED) is 0.668. The lowest BCUT2D eigenvalue weighted by Gasteiger charge is -1.85. The summed E-state index contributed by atoms with van der Waals surface area (Å²) >= 11 is 0. The maximum Gasteiger partial charge on any atom is 0.257 e. The first-order chi connectivity index (χ1) is 6.08. The minimum absolute atomic E-state index is 0.870.